The van der Waals surface area contributed by atoms with Gasteiger partial charge in [0.2, 0.25) is 0 Å². The zero-order valence-electron chi connectivity index (χ0n) is 22.1. The molecule has 2 amide bonds. The van der Waals surface area contributed by atoms with Crippen molar-refractivity contribution in [3.63, 3.8) is 0 Å². The molecule has 0 heterocycles. The number of benzene rings is 4. The molecule has 0 fully saturated rings. The van der Waals surface area contributed by atoms with Crippen LogP contribution < -0.4 is 25.0 Å². The van der Waals surface area contributed by atoms with E-state index in [1.165, 1.54) is 30.5 Å². The summed E-state index contributed by atoms with van der Waals surface area (Å²) in [4.78, 5) is 24.8. The first-order chi connectivity index (χ1) is 19.9. The fourth-order valence-electron chi connectivity index (χ4n) is 3.59. The first-order valence-electron chi connectivity index (χ1n) is 12.7. The molecule has 4 aromatic rings. The van der Waals surface area contributed by atoms with E-state index in [2.05, 4.69) is 31.8 Å². The molecular weight excluding hydrogens is 593 g/mol. The molecule has 0 saturated heterocycles. The Hall–Kier alpha value is -4.70. The molecule has 0 bridgehead atoms. The fraction of sp³-hybridized carbons (Fsp3) is 0.129. The van der Waals surface area contributed by atoms with Crippen molar-refractivity contribution in [1.82, 2.24) is 5.43 Å². The van der Waals surface area contributed by atoms with Gasteiger partial charge in [-0.15, -0.1) is 0 Å². The van der Waals surface area contributed by atoms with Crippen molar-refractivity contribution in [3.8, 4) is 17.2 Å². The molecule has 8 nitrogen and oxygen atoms in total. The number of anilines is 1. The van der Waals surface area contributed by atoms with E-state index in [1.807, 2.05) is 37.3 Å². The van der Waals surface area contributed by atoms with Gasteiger partial charge in [-0.2, -0.15) is 5.10 Å². The normalized spacial score (nSPS) is 10.7. The Morgan fingerprint density at radius 3 is 2.37 bits per heavy atom. The largest absolute Gasteiger partial charge is 0.490 e. The van der Waals surface area contributed by atoms with Gasteiger partial charge in [0.25, 0.3) is 11.8 Å². The number of ether oxygens (including phenoxy) is 3. The van der Waals surface area contributed by atoms with Gasteiger partial charge >= 0.3 is 0 Å². The highest BCUT2D eigenvalue weighted by molar-refractivity contribution is 9.10. The number of rotatable bonds is 12. The number of halogens is 2. The number of nitrogens with zero attached hydrogens (tertiary/aromatic N) is 1. The van der Waals surface area contributed by atoms with Crippen LogP contribution >= 0.6 is 15.9 Å². The zero-order valence-corrected chi connectivity index (χ0v) is 23.7. The Morgan fingerprint density at radius 2 is 1.63 bits per heavy atom. The highest BCUT2D eigenvalue weighted by Gasteiger charge is 2.12. The molecular formula is C31H27BrFN3O5. The Bertz CT molecular complexity index is 1510. The van der Waals surface area contributed by atoms with Gasteiger partial charge in [0.1, 0.15) is 18.2 Å². The lowest BCUT2D eigenvalue weighted by atomic mass is 10.2. The lowest BCUT2D eigenvalue weighted by Gasteiger charge is -2.13. The first-order valence-corrected chi connectivity index (χ1v) is 13.5. The number of hydrazone groups is 1. The van der Waals surface area contributed by atoms with Crippen LogP contribution in [0.25, 0.3) is 0 Å². The van der Waals surface area contributed by atoms with Gasteiger partial charge in [-0.3, -0.25) is 9.59 Å². The SMILES string of the molecule is CCOc1cc(C(=O)N/N=C/c2ccc(OCC(=O)Nc3ccc(F)cc3)c(Br)c2)ccc1OCc1ccccc1. The second-order valence-electron chi connectivity index (χ2n) is 8.60. The number of amides is 2. The average molecular weight is 620 g/mol. The minimum absolute atomic E-state index is 0.237. The van der Waals surface area contributed by atoms with Gasteiger partial charge in [-0.25, -0.2) is 9.82 Å². The summed E-state index contributed by atoms with van der Waals surface area (Å²) in [5, 5.41) is 6.67. The molecule has 0 aromatic heterocycles. The molecule has 4 aromatic carbocycles. The second-order valence-corrected chi connectivity index (χ2v) is 9.46. The number of nitrogens with one attached hydrogen (secondary N) is 2. The number of carbonyl (C=O) groups is 2. The van der Waals surface area contributed by atoms with Gasteiger partial charge in [-0.1, -0.05) is 30.3 Å². The van der Waals surface area contributed by atoms with Crippen molar-refractivity contribution in [3.05, 3.63) is 118 Å². The van der Waals surface area contributed by atoms with E-state index < -0.39 is 5.91 Å². The summed E-state index contributed by atoms with van der Waals surface area (Å²) in [6.45, 7) is 2.41. The van der Waals surface area contributed by atoms with E-state index in [0.29, 0.717) is 51.7 Å². The van der Waals surface area contributed by atoms with Crippen LogP contribution in [-0.4, -0.2) is 31.2 Å². The lowest BCUT2D eigenvalue weighted by molar-refractivity contribution is -0.118. The maximum atomic E-state index is 13.0. The van der Waals surface area contributed by atoms with Crippen molar-refractivity contribution >= 4 is 39.6 Å². The van der Waals surface area contributed by atoms with Crippen LogP contribution in [0.4, 0.5) is 10.1 Å². The van der Waals surface area contributed by atoms with Crippen LogP contribution in [0, 0.1) is 5.82 Å². The van der Waals surface area contributed by atoms with E-state index in [1.54, 1.807) is 36.4 Å². The van der Waals surface area contributed by atoms with Crippen LogP contribution in [0.2, 0.25) is 0 Å². The smallest absolute Gasteiger partial charge is 0.271 e. The first kappa shape index (κ1) is 29.3. The molecule has 0 aliphatic rings. The topological polar surface area (TPSA) is 98.3 Å². The van der Waals surface area contributed by atoms with E-state index >= 15 is 0 Å². The van der Waals surface area contributed by atoms with Crippen LogP contribution in [0.1, 0.15) is 28.4 Å². The van der Waals surface area contributed by atoms with Gasteiger partial charge in [0.15, 0.2) is 18.1 Å². The van der Waals surface area contributed by atoms with Crippen molar-refractivity contribution in [2.24, 2.45) is 5.10 Å². The summed E-state index contributed by atoms with van der Waals surface area (Å²) in [7, 11) is 0. The van der Waals surface area contributed by atoms with Crippen LogP contribution in [0.3, 0.4) is 0 Å². The van der Waals surface area contributed by atoms with Gasteiger partial charge in [0, 0.05) is 11.3 Å². The minimum Gasteiger partial charge on any atom is -0.490 e. The summed E-state index contributed by atoms with van der Waals surface area (Å²) in [6, 6.07) is 25.3. The fourth-order valence-corrected chi connectivity index (χ4v) is 4.10. The molecule has 0 aliphatic heterocycles. The summed E-state index contributed by atoms with van der Waals surface area (Å²) in [5.74, 6) is 0.254. The maximum absolute atomic E-state index is 13.0. The molecule has 2 N–H and O–H groups in total. The summed E-state index contributed by atoms with van der Waals surface area (Å²) in [5.41, 5.74) is 5.03. The van der Waals surface area contributed by atoms with Crippen molar-refractivity contribution < 1.29 is 28.2 Å². The Labute approximate surface area is 245 Å². The van der Waals surface area contributed by atoms with Gasteiger partial charge < -0.3 is 19.5 Å². The van der Waals surface area contributed by atoms with Crippen LogP contribution in [0.5, 0.6) is 17.2 Å². The molecule has 10 heteroatoms. The minimum atomic E-state index is -0.414. The van der Waals surface area contributed by atoms with E-state index in [0.717, 1.165) is 5.56 Å². The summed E-state index contributed by atoms with van der Waals surface area (Å²) >= 11 is 3.41. The van der Waals surface area contributed by atoms with E-state index in [-0.39, 0.29) is 18.3 Å². The number of hydrogen-bond donors (Lipinski definition) is 2. The molecule has 0 spiro atoms. The quantitative estimate of drug-likeness (QED) is 0.142. The average Bonchev–Trinajstić information content (AvgIpc) is 2.98. The predicted octanol–water partition coefficient (Wildman–Crippen LogP) is 6.35. The third-order valence-corrected chi connectivity index (χ3v) is 6.19. The van der Waals surface area contributed by atoms with Gasteiger partial charge in [0.05, 0.1) is 17.3 Å². The standard InChI is InChI=1S/C31H27BrFN3O5/c1-2-39-29-17-23(9-15-28(29)40-19-21-6-4-3-5-7-21)31(38)36-34-18-22-8-14-27(26(32)16-22)41-20-30(37)35-25-12-10-24(33)11-13-25/h3-18H,2,19-20H2,1H3,(H,35,37)(H,36,38)/b34-18+. The van der Waals surface area contributed by atoms with E-state index in [4.69, 9.17) is 14.2 Å². The zero-order chi connectivity index (χ0) is 29.0. The van der Waals surface area contributed by atoms with E-state index in [9.17, 15) is 14.0 Å². The lowest BCUT2D eigenvalue weighted by Crippen LogP contribution is -2.20. The highest BCUT2D eigenvalue weighted by Crippen LogP contribution is 2.29. The van der Waals surface area contributed by atoms with Crippen molar-refractivity contribution in [2.45, 2.75) is 13.5 Å². The van der Waals surface area contributed by atoms with Crippen LogP contribution in [0.15, 0.2) is 101 Å². The number of carbonyl (C=O) groups excluding carboxylic acids is 2. The molecule has 0 atom stereocenters. The second kappa shape index (κ2) is 14.6. The molecule has 0 radical (unpaired) electrons. The van der Waals surface area contributed by atoms with Crippen molar-refractivity contribution in [1.29, 1.82) is 0 Å². The molecule has 210 valence electrons. The molecule has 41 heavy (non-hydrogen) atoms. The molecule has 0 aliphatic carbocycles. The van der Waals surface area contributed by atoms with Crippen molar-refractivity contribution in [2.75, 3.05) is 18.5 Å². The Kier molecular flexibility index (Phi) is 10.4. The predicted molar refractivity (Wildman–Crippen MR) is 158 cm³/mol. The molecule has 0 unspecified atom stereocenters. The molecule has 0 saturated carbocycles. The third kappa shape index (κ3) is 8.91. The third-order valence-electron chi connectivity index (χ3n) is 5.57. The van der Waals surface area contributed by atoms with Crippen LogP contribution in [-0.2, 0) is 11.4 Å². The maximum Gasteiger partial charge on any atom is 0.271 e. The Morgan fingerprint density at radius 1 is 0.878 bits per heavy atom. The highest BCUT2D eigenvalue weighted by atomic mass is 79.9. The monoisotopic (exact) mass is 619 g/mol. The Balaban J connectivity index is 1.30. The summed E-state index contributed by atoms with van der Waals surface area (Å²) < 4.78 is 30.7. The van der Waals surface area contributed by atoms with Gasteiger partial charge in [-0.05, 0) is 94.6 Å². The molecule has 4 rings (SSSR count). The number of hydrogen-bond acceptors (Lipinski definition) is 6. The summed E-state index contributed by atoms with van der Waals surface area (Å²) in [6.07, 6.45) is 1.48.